The van der Waals surface area contributed by atoms with Crippen molar-refractivity contribution < 1.29 is 4.39 Å². The highest BCUT2D eigenvalue weighted by molar-refractivity contribution is 5.49. The zero-order valence-electron chi connectivity index (χ0n) is 7.68. The molecule has 1 aromatic rings. The average Bonchev–Trinajstić information content (AvgIpc) is 2.56. The van der Waals surface area contributed by atoms with Crippen LogP contribution in [-0.2, 0) is 0 Å². The molecule has 0 aromatic heterocycles. The molecule has 0 bridgehead atoms. The van der Waals surface area contributed by atoms with E-state index in [2.05, 4.69) is 5.32 Å². The number of rotatable bonds is 1. The smallest absolute Gasteiger partial charge is 0.146 e. The van der Waals surface area contributed by atoms with Gasteiger partial charge in [0.1, 0.15) is 5.82 Å². The molecule has 1 aliphatic heterocycles. The Bertz CT molecular complexity index is 306. The SMILES string of the molecule is Cc1ccc(N2CCNC2)c(F)c1. The summed E-state index contributed by atoms with van der Waals surface area (Å²) in [6.07, 6.45) is 0. The molecule has 13 heavy (non-hydrogen) atoms. The van der Waals surface area contributed by atoms with Crippen LogP contribution in [0.2, 0.25) is 0 Å². The molecule has 1 fully saturated rings. The maximum atomic E-state index is 13.4. The fourth-order valence-corrected chi connectivity index (χ4v) is 1.58. The molecule has 0 unspecified atom stereocenters. The minimum Gasteiger partial charge on any atom is -0.355 e. The van der Waals surface area contributed by atoms with E-state index in [4.69, 9.17) is 0 Å². The van der Waals surface area contributed by atoms with Crippen LogP contribution < -0.4 is 10.2 Å². The van der Waals surface area contributed by atoms with Crippen molar-refractivity contribution in [2.45, 2.75) is 6.92 Å². The van der Waals surface area contributed by atoms with Gasteiger partial charge in [-0.1, -0.05) is 6.07 Å². The highest BCUT2D eigenvalue weighted by Gasteiger charge is 2.14. The van der Waals surface area contributed by atoms with Crippen molar-refractivity contribution in [3.05, 3.63) is 29.6 Å². The van der Waals surface area contributed by atoms with Crippen LogP contribution in [-0.4, -0.2) is 19.8 Å². The summed E-state index contributed by atoms with van der Waals surface area (Å²) in [5.41, 5.74) is 1.67. The van der Waals surface area contributed by atoms with Crippen molar-refractivity contribution in [1.82, 2.24) is 5.32 Å². The molecule has 70 valence electrons. The molecule has 1 N–H and O–H groups in total. The van der Waals surface area contributed by atoms with E-state index in [9.17, 15) is 4.39 Å². The molecule has 0 radical (unpaired) electrons. The quantitative estimate of drug-likeness (QED) is 0.704. The van der Waals surface area contributed by atoms with E-state index in [0.29, 0.717) is 5.69 Å². The predicted molar refractivity (Wildman–Crippen MR) is 51.4 cm³/mol. The van der Waals surface area contributed by atoms with E-state index in [1.165, 1.54) is 0 Å². The van der Waals surface area contributed by atoms with Crippen LogP contribution in [0.4, 0.5) is 10.1 Å². The van der Waals surface area contributed by atoms with Gasteiger partial charge in [-0.05, 0) is 24.6 Å². The summed E-state index contributed by atoms with van der Waals surface area (Å²) in [7, 11) is 0. The molecule has 1 aliphatic rings. The number of nitrogens with zero attached hydrogens (tertiary/aromatic N) is 1. The Morgan fingerprint density at radius 3 is 2.92 bits per heavy atom. The molecule has 1 saturated heterocycles. The molecule has 0 aliphatic carbocycles. The van der Waals surface area contributed by atoms with Crippen LogP contribution in [0, 0.1) is 12.7 Å². The number of anilines is 1. The van der Waals surface area contributed by atoms with Crippen molar-refractivity contribution in [2.75, 3.05) is 24.7 Å². The lowest BCUT2D eigenvalue weighted by Crippen LogP contribution is -2.22. The van der Waals surface area contributed by atoms with Crippen LogP contribution in [0.3, 0.4) is 0 Å². The summed E-state index contributed by atoms with van der Waals surface area (Å²) >= 11 is 0. The summed E-state index contributed by atoms with van der Waals surface area (Å²) in [6, 6.07) is 5.36. The van der Waals surface area contributed by atoms with E-state index in [-0.39, 0.29) is 5.82 Å². The second-order valence-corrected chi connectivity index (χ2v) is 3.38. The van der Waals surface area contributed by atoms with E-state index >= 15 is 0 Å². The minimum absolute atomic E-state index is 0.122. The van der Waals surface area contributed by atoms with Gasteiger partial charge in [-0.15, -0.1) is 0 Å². The van der Waals surface area contributed by atoms with Gasteiger partial charge in [-0.2, -0.15) is 0 Å². The minimum atomic E-state index is -0.122. The Kier molecular flexibility index (Phi) is 2.19. The number of halogens is 1. The standard InChI is InChI=1S/C10H13FN2/c1-8-2-3-10(9(11)6-8)13-5-4-12-7-13/h2-3,6,12H,4-5,7H2,1H3. The molecule has 2 nitrogen and oxygen atoms in total. The lowest BCUT2D eigenvalue weighted by Gasteiger charge is -2.17. The van der Waals surface area contributed by atoms with Gasteiger partial charge in [0.05, 0.1) is 12.4 Å². The number of hydrogen-bond acceptors (Lipinski definition) is 2. The molecule has 1 heterocycles. The number of benzene rings is 1. The average molecular weight is 180 g/mol. The molecule has 0 amide bonds. The molecular formula is C10H13FN2. The summed E-state index contributed by atoms with van der Waals surface area (Å²) < 4.78 is 13.4. The van der Waals surface area contributed by atoms with Crippen LogP contribution in [0.25, 0.3) is 0 Å². The van der Waals surface area contributed by atoms with Crippen LogP contribution in [0.1, 0.15) is 5.56 Å². The topological polar surface area (TPSA) is 15.3 Å². The van der Waals surface area contributed by atoms with Crippen molar-refractivity contribution in [3.8, 4) is 0 Å². The van der Waals surface area contributed by atoms with E-state index < -0.39 is 0 Å². The van der Waals surface area contributed by atoms with Crippen LogP contribution in [0.5, 0.6) is 0 Å². The van der Waals surface area contributed by atoms with Gasteiger partial charge in [0.15, 0.2) is 0 Å². The molecular weight excluding hydrogens is 167 g/mol. The van der Waals surface area contributed by atoms with Crippen molar-refractivity contribution in [3.63, 3.8) is 0 Å². The first-order valence-electron chi connectivity index (χ1n) is 4.49. The second kappa shape index (κ2) is 3.34. The van der Waals surface area contributed by atoms with Gasteiger partial charge in [-0.25, -0.2) is 4.39 Å². The van der Waals surface area contributed by atoms with Gasteiger partial charge < -0.3 is 4.90 Å². The Morgan fingerprint density at radius 2 is 2.31 bits per heavy atom. The van der Waals surface area contributed by atoms with Gasteiger partial charge in [0.2, 0.25) is 0 Å². The van der Waals surface area contributed by atoms with Gasteiger partial charge in [0.25, 0.3) is 0 Å². The Labute approximate surface area is 77.4 Å². The molecule has 0 spiro atoms. The van der Waals surface area contributed by atoms with Crippen molar-refractivity contribution in [1.29, 1.82) is 0 Å². The maximum absolute atomic E-state index is 13.4. The van der Waals surface area contributed by atoms with E-state index in [0.717, 1.165) is 25.3 Å². The molecule has 0 saturated carbocycles. The summed E-state index contributed by atoms with van der Waals surface area (Å²) in [6.45, 7) is 4.47. The number of aryl methyl sites for hydroxylation is 1. The zero-order chi connectivity index (χ0) is 9.26. The summed E-state index contributed by atoms with van der Waals surface area (Å²) in [4.78, 5) is 2.01. The second-order valence-electron chi connectivity index (χ2n) is 3.38. The van der Waals surface area contributed by atoms with Gasteiger partial charge in [0, 0.05) is 13.1 Å². The largest absolute Gasteiger partial charge is 0.355 e. The van der Waals surface area contributed by atoms with E-state index in [1.807, 2.05) is 24.0 Å². The lowest BCUT2D eigenvalue weighted by molar-refractivity contribution is 0.621. The number of nitrogens with one attached hydrogen (secondary N) is 1. The third-order valence-corrected chi connectivity index (χ3v) is 2.31. The number of hydrogen-bond donors (Lipinski definition) is 1. The predicted octanol–water partition coefficient (Wildman–Crippen LogP) is 1.50. The Morgan fingerprint density at radius 1 is 1.46 bits per heavy atom. The molecule has 2 rings (SSSR count). The Balaban J connectivity index is 2.29. The molecule has 0 atom stereocenters. The fourth-order valence-electron chi connectivity index (χ4n) is 1.58. The highest BCUT2D eigenvalue weighted by atomic mass is 19.1. The van der Waals surface area contributed by atoms with Crippen molar-refractivity contribution >= 4 is 5.69 Å². The highest BCUT2D eigenvalue weighted by Crippen LogP contribution is 2.20. The third kappa shape index (κ3) is 1.65. The molecule has 3 heteroatoms. The first-order valence-corrected chi connectivity index (χ1v) is 4.49. The van der Waals surface area contributed by atoms with Crippen LogP contribution in [0.15, 0.2) is 18.2 Å². The Hall–Kier alpha value is -1.09. The van der Waals surface area contributed by atoms with E-state index in [1.54, 1.807) is 6.07 Å². The summed E-state index contributed by atoms with van der Waals surface area (Å²) in [5.74, 6) is -0.122. The fraction of sp³-hybridized carbons (Fsp3) is 0.400. The molecule has 1 aromatic carbocycles. The van der Waals surface area contributed by atoms with Crippen molar-refractivity contribution in [2.24, 2.45) is 0 Å². The van der Waals surface area contributed by atoms with Gasteiger partial charge >= 0.3 is 0 Å². The first-order chi connectivity index (χ1) is 6.27. The lowest BCUT2D eigenvalue weighted by atomic mass is 10.2. The first kappa shape index (κ1) is 8.51. The monoisotopic (exact) mass is 180 g/mol. The zero-order valence-corrected chi connectivity index (χ0v) is 7.68. The maximum Gasteiger partial charge on any atom is 0.146 e. The normalized spacial score (nSPS) is 16.6. The van der Waals surface area contributed by atoms with Gasteiger partial charge in [-0.3, -0.25) is 5.32 Å². The summed E-state index contributed by atoms with van der Waals surface area (Å²) in [5, 5.41) is 3.17. The third-order valence-electron chi connectivity index (χ3n) is 2.31. The van der Waals surface area contributed by atoms with Crippen LogP contribution >= 0.6 is 0 Å².